The van der Waals surface area contributed by atoms with Crippen LogP contribution in [-0.2, 0) is 4.79 Å². The number of carbonyl (C=O) groups excluding carboxylic acids is 2. The zero-order valence-electron chi connectivity index (χ0n) is 11.4. The first-order valence-corrected chi connectivity index (χ1v) is 7.79. The molecule has 1 aromatic carbocycles. The molecule has 108 valence electrons. The molecule has 0 aliphatic carbocycles. The zero-order chi connectivity index (χ0) is 14.7. The minimum atomic E-state index is -0.278. The number of aromatic nitrogens is 1. The molecule has 5 nitrogen and oxygen atoms in total. The van der Waals surface area contributed by atoms with Gasteiger partial charge in [0.05, 0.1) is 12.1 Å². The molecule has 0 bridgehead atoms. The van der Waals surface area contributed by atoms with Crippen molar-refractivity contribution in [1.82, 2.24) is 15.2 Å². The second kappa shape index (κ2) is 6.13. The summed E-state index contributed by atoms with van der Waals surface area (Å²) in [6.45, 7) is 0.599. The molecule has 1 aliphatic rings. The highest BCUT2D eigenvalue weighted by molar-refractivity contribution is 7.99. The second-order valence-corrected chi connectivity index (χ2v) is 5.87. The predicted octanol–water partition coefficient (Wildman–Crippen LogP) is 2.27. The Hall–Kier alpha value is -2.08. The molecule has 0 unspecified atom stereocenters. The van der Waals surface area contributed by atoms with E-state index in [4.69, 9.17) is 0 Å². The first-order valence-electron chi connectivity index (χ1n) is 6.80. The zero-order valence-corrected chi connectivity index (χ0v) is 12.2. The highest BCUT2D eigenvalue weighted by atomic mass is 32.2. The van der Waals surface area contributed by atoms with Crippen molar-refractivity contribution in [3.05, 3.63) is 36.5 Å². The van der Waals surface area contributed by atoms with Crippen LogP contribution in [0.3, 0.4) is 0 Å². The van der Waals surface area contributed by atoms with Crippen LogP contribution >= 0.6 is 11.8 Å². The smallest absolute Gasteiger partial charge is 0.324 e. The SMILES string of the molecule is O=C1CNC(=O)N1CCCSc1ccnc2ccccc12. The van der Waals surface area contributed by atoms with E-state index >= 15 is 0 Å². The van der Waals surface area contributed by atoms with Crippen molar-refractivity contribution in [3.8, 4) is 0 Å². The van der Waals surface area contributed by atoms with E-state index in [9.17, 15) is 9.59 Å². The quantitative estimate of drug-likeness (QED) is 0.523. The van der Waals surface area contributed by atoms with Gasteiger partial charge in [-0.1, -0.05) is 18.2 Å². The van der Waals surface area contributed by atoms with Crippen LogP contribution in [0, 0.1) is 0 Å². The predicted molar refractivity (Wildman–Crippen MR) is 82.2 cm³/mol. The van der Waals surface area contributed by atoms with Gasteiger partial charge in [-0.3, -0.25) is 14.7 Å². The third-order valence-corrected chi connectivity index (χ3v) is 4.49. The van der Waals surface area contributed by atoms with E-state index in [-0.39, 0.29) is 18.5 Å². The molecule has 3 amide bonds. The van der Waals surface area contributed by atoms with Crippen LogP contribution in [-0.4, -0.2) is 40.7 Å². The summed E-state index contributed by atoms with van der Waals surface area (Å²) in [5.41, 5.74) is 0.983. The largest absolute Gasteiger partial charge is 0.329 e. The van der Waals surface area contributed by atoms with Gasteiger partial charge in [0.25, 0.3) is 0 Å². The van der Waals surface area contributed by atoms with Gasteiger partial charge >= 0.3 is 6.03 Å². The number of para-hydroxylation sites is 1. The van der Waals surface area contributed by atoms with Crippen molar-refractivity contribution < 1.29 is 9.59 Å². The summed E-state index contributed by atoms with van der Waals surface area (Å²) in [7, 11) is 0. The minimum Gasteiger partial charge on any atom is -0.329 e. The van der Waals surface area contributed by atoms with E-state index in [1.54, 1.807) is 11.8 Å². The van der Waals surface area contributed by atoms with Crippen molar-refractivity contribution in [1.29, 1.82) is 0 Å². The van der Waals surface area contributed by atoms with Gasteiger partial charge in [0.1, 0.15) is 0 Å². The highest BCUT2D eigenvalue weighted by Crippen LogP contribution is 2.26. The standard InChI is InChI=1S/C15H15N3O2S/c19-14-10-17-15(20)18(14)8-3-9-21-13-6-7-16-12-5-2-1-4-11(12)13/h1-2,4-7H,3,8-10H2,(H,17,20). The Morgan fingerprint density at radius 1 is 1.24 bits per heavy atom. The van der Waals surface area contributed by atoms with Crippen molar-refractivity contribution in [2.45, 2.75) is 11.3 Å². The van der Waals surface area contributed by atoms with Crippen molar-refractivity contribution >= 4 is 34.6 Å². The number of rotatable bonds is 5. The molecule has 21 heavy (non-hydrogen) atoms. The number of amides is 3. The van der Waals surface area contributed by atoms with Gasteiger partial charge in [-0.15, -0.1) is 11.8 Å². The van der Waals surface area contributed by atoms with Gasteiger partial charge in [-0.25, -0.2) is 4.79 Å². The van der Waals surface area contributed by atoms with Gasteiger partial charge in [0.15, 0.2) is 0 Å². The first kappa shape index (κ1) is 13.9. The summed E-state index contributed by atoms with van der Waals surface area (Å²) in [5, 5.41) is 3.66. The second-order valence-electron chi connectivity index (χ2n) is 4.73. The topological polar surface area (TPSA) is 62.3 Å². The van der Waals surface area contributed by atoms with Gasteiger partial charge in [0.2, 0.25) is 5.91 Å². The van der Waals surface area contributed by atoms with Crippen LogP contribution in [0.15, 0.2) is 41.4 Å². The molecule has 6 heteroatoms. The number of fused-ring (bicyclic) bond motifs is 1. The van der Waals surface area contributed by atoms with Gasteiger partial charge < -0.3 is 5.32 Å². The Morgan fingerprint density at radius 3 is 2.90 bits per heavy atom. The van der Waals surface area contributed by atoms with Gasteiger partial charge in [-0.2, -0.15) is 0 Å². The molecular formula is C15H15N3O2S. The Balaban J connectivity index is 1.57. The van der Waals surface area contributed by atoms with Gasteiger partial charge in [-0.05, 0) is 24.3 Å². The van der Waals surface area contributed by atoms with E-state index in [0.29, 0.717) is 6.54 Å². The molecule has 0 saturated carbocycles. The lowest BCUT2D eigenvalue weighted by molar-refractivity contribution is -0.124. The molecule has 2 aromatic rings. The fraction of sp³-hybridized carbons (Fsp3) is 0.267. The Bertz CT molecular complexity index is 668. The number of urea groups is 1. The van der Waals surface area contributed by atoms with Crippen molar-refractivity contribution in [2.75, 3.05) is 18.8 Å². The van der Waals surface area contributed by atoms with E-state index < -0.39 is 0 Å². The molecule has 1 saturated heterocycles. The van der Waals surface area contributed by atoms with Crippen LogP contribution in [0.1, 0.15) is 6.42 Å². The maximum Gasteiger partial charge on any atom is 0.324 e. The monoisotopic (exact) mass is 301 g/mol. The Morgan fingerprint density at radius 2 is 2.10 bits per heavy atom. The molecule has 0 radical (unpaired) electrons. The molecule has 2 heterocycles. The normalized spacial score (nSPS) is 14.8. The van der Waals surface area contributed by atoms with Crippen LogP contribution in [0.2, 0.25) is 0 Å². The molecular weight excluding hydrogens is 286 g/mol. The number of thioether (sulfide) groups is 1. The maximum atomic E-state index is 11.5. The summed E-state index contributed by atoms with van der Waals surface area (Å²) in [6.07, 6.45) is 2.59. The fourth-order valence-electron chi connectivity index (χ4n) is 2.28. The Kier molecular flexibility index (Phi) is 4.06. The summed E-state index contributed by atoms with van der Waals surface area (Å²) in [6, 6.07) is 9.75. The van der Waals surface area contributed by atoms with E-state index in [0.717, 1.165) is 23.1 Å². The third kappa shape index (κ3) is 3.00. The van der Waals surface area contributed by atoms with Crippen LogP contribution in [0.5, 0.6) is 0 Å². The van der Waals surface area contributed by atoms with Crippen molar-refractivity contribution in [2.24, 2.45) is 0 Å². The highest BCUT2D eigenvalue weighted by Gasteiger charge is 2.27. The van der Waals surface area contributed by atoms with Crippen LogP contribution in [0.4, 0.5) is 4.79 Å². The van der Waals surface area contributed by atoms with E-state index in [2.05, 4.69) is 16.4 Å². The fourth-order valence-corrected chi connectivity index (χ4v) is 3.26. The molecule has 0 atom stereocenters. The lowest BCUT2D eigenvalue weighted by Crippen LogP contribution is -2.32. The van der Waals surface area contributed by atoms with E-state index in [1.165, 1.54) is 9.80 Å². The number of hydrogen-bond acceptors (Lipinski definition) is 4. The average Bonchev–Trinajstić information content (AvgIpc) is 2.83. The van der Waals surface area contributed by atoms with Crippen LogP contribution < -0.4 is 5.32 Å². The van der Waals surface area contributed by atoms with Crippen molar-refractivity contribution in [3.63, 3.8) is 0 Å². The van der Waals surface area contributed by atoms with Crippen LogP contribution in [0.25, 0.3) is 10.9 Å². The lowest BCUT2D eigenvalue weighted by atomic mass is 10.2. The molecule has 1 N–H and O–H groups in total. The number of pyridine rings is 1. The Labute approximate surface area is 126 Å². The van der Waals surface area contributed by atoms with E-state index in [1.807, 2.05) is 30.5 Å². The summed E-state index contributed by atoms with van der Waals surface area (Å²) in [4.78, 5) is 29.6. The number of hydrogen-bond donors (Lipinski definition) is 1. The first-order chi connectivity index (χ1) is 10.3. The van der Waals surface area contributed by atoms with Gasteiger partial charge in [0, 0.05) is 23.0 Å². The summed E-state index contributed by atoms with van der Waals surface area (Å²) in [5.74, 6) is 0.713. The summed E-state index contributed by atoms with van der Waals surface area (Å²) >= 11 is 1.73. The molecule has 3 rings (SSSR count). The minimum absolute atomic E-state index is 0.126. The average molecular weight is 301 g/mol. The number of benzene rings is 1. The molecule has 1 aliphatic heterocycles. The number of carbonyl (C=O) groups is 2. The summed E-state index contributed by atoms with van der Waals surface area (Å²) < 4.78 is 0. The molecule has 0 spiro atoms. The third-order valence-electron chi connectivity index (χ3n) is 3.33. The number of nitrogens with zero attached hydrogens (tertiary/aromatic N) is 2. The number of imide groups is 1. The lowest BCUT2D eigenvalue weighted by Gasteiger charge is -2.12. The number of nitrogens with one attached hydrogen (secondary N) is 1. The molecule has 1 aromatic heterocycles. The maximum absolute atomic E-state index is 11.5. The molecule has 1 fully saturated rings.